The minimum Gasteiger partial charge on any atom is -0.342 e. The number of likely N-dealkylation sites (tertiary alicyclic amines) is 2. The molecule has 29 heavy (non-hydrogen) atoms. The third-order valence-electron chi connectivity index (χ3n) is 6.11. The van der Waals surface area contributed by atoms with Crippen LogP contribution in [0.2, 0.25) is 0 Å². The Hall–Kier alpha value is -2.70. The zero-order valence-corrected chi connectivity index (χ0v) is 17.3. The van der Waals surface area contributed by atoms with E-state index < -0.39 is 0 Å². The lowest BCUT2D eigenvalue weighted by atomic mass is 9.92. The molecule has 2 amide bonds. The topological polar surface area (TPSA) is 71.3 Å². The Bertz CT molecular complexity index is 871. The Balaban J connectivity index is 1.42. The lowest BCUT2D eigenvalue weighted by Gasteiger charge is -2.37. The number of carbonyl (C=O) groups is 2. The van der Waals surface area contributed by atoms with Gasteiger partial charge in [0.25, 0.3) is 5.91 Å². The molecule has 154 valence electrons. The molecule has 0 unspecified atom stereocenters. The Morgan fingerprint density at radius 1 is 1.03 bits per heavy atom. The van der Waals surface area contributed by atoms with Gasteiger partial charge in [0.15, 0.2) is 0 Å². The number of aryl methyl sites for hydroxylation is 1. The molecule has 4 heterocycles. The normalized spacial score (nSPS) is 20.7. The van der Waals surface area contributed by atoms with E-state index in [4.69, 9.17) is 0 Å². The van der Waals surface area contributed by atoms with E-state index in [-0.39, 0.29) is 17.7 Å². The molecule has 7 nitrogen and oxygen atoms in total. The molecule has 2 aromatic rings. The highest BCUT2D eigenvalue weighted by Gasteiger charge is 2.33. The van der Waals surface area contributed by atoms with Crippen molar-refractivity contribution in [3.8, 4) is 11.3 Å². The van der Waals surface area contributed by atoms with Crippen LogP contribution in [0.25, 0.3) is 11.3 Å². The van der Waals surface area contributed by atoms with Gasteiger partial charge in [-0.05, 0) is 43.7 Å². The van der Waals surface area contributed by atoms with Crippen molar-refractivity contribution in [3.63, 3.8) is 0 Å². The van der Waals surface area contributed by atoms with E-state index in [0.717, 1.165) is 37.9 Å². The number of nitrogens with zero attached hydrogens (tertiary/aromatic N) is 5. The average molecular weight is 396 g/mol. The van der Waals surface area contributed by atoms with Crippen molar-refractivity contribution in [1.29, 1.82) is 0 Å². The van der Waals surface area contributed by atoms with Gasteiger partial charge in [0, 0.05) is 63.3 Å². The lowest BCUT2D eigenvalue weighted by molar-refractivity contribution is -0.138. The Morgan fingerprint density at radius 3 is 2.45 bits per heavy atom. The fraction of sp³-hybridized carbons (Fsp3) is 0.545. The van der Waals surface area contributed by atoms with Crippen LogP contribution in [-0.4, -0.2) is 62.6 Å². The molecule has 1 atom stereocenters. The minimum absolute atomic E-state index is 0.0117. The van der Waals surface area contributed by atoms with Crippen LogP contribution < -0.4 is 0 Å². The Morgan fingerprint density at radius 2 is 1.76 bits per heavy atom. The molecule has 0 radical (unpaired) electrons. The van der Waals surface area contributed by atoms with E-state index >= 15 is 0 Å². The second kappa shape index (κ2) is 8.35. The molecule has 0 aromatic carbocycles. The van der Waals surface area contributed by atoms with Crippen LogP contribution in [-0.2, 0) is 11.8 Å². The predicted molar refractivity (Wildman–Crippen MR) is 110 cm³/mol. The number of piperidine rings is 2. The van der Waals surface area contributed by atoms with Gasteiger partial charge in [-0.1, -0.05) is 6.92 Å². The smallest absolute Gasteiger partial charge is 0.257 e. The summed E-state index contributed by atoms with van der Waals surface area (Å²) in [6.07, 6.45) is 8.98. The number of rotatable bonds is 3. The van der Waals surface area contributed by atoms with Gasteiger partial charge in [0.05, 0.1) is 5.56 Å². The Labute approximate surface area is 171 Å². The first-order valence-corrected chi connectivity index (χ1v) is 10.5. The van der Waals surface area contributed by atoms with Crippen LogP contribution in [0.15, 0.2) is 30.7 Å². The molecule has 0 bridgehead atoms. The van der Waals surface area contributed by atoms with Crippen molar-refractivity contribution < 1.29 is 9.59 Å². The fourth-order valence-electron chi connectivity index (χ4n) is 4.52. The first-order chi connectivity index (χ1) is 14.0. The van der Waals surface area contributed by atoms with Crippen molar-refractivity contribution in [3.05, 3.63) is 36.3 Å². The quantitative estimate of drug-likeness (QED) is 0.801. The van der Waals surface area contributed by atoms with Crippen LogP contribution in [0.3, 0.4) is 0 Å². The average Bonchev–Trinajstić information content (AvgIpc) is 3.15. The van der Waals surface area contributed by atoms with Crippen LogP contribution >= 0.6 is 0 Å². The molecular formula is C22H29N5O2. The van der Waals surface area contributed by atoms with Crippen LogP contribution in [0.1, 0.15) is 43.0 Å². The van der Waals surface area contributed by atoms with Crippen LogP contribution in [0, 0.1) is 11.8 Å². The minimum atomic E-state index is -0.0117. The van der Waals surface area contributed by atoms with E-state index in [1.165, 1.54) is 6.42 Å². The summed E-state index contributed by atoms with van der Waals surface area (Å²) in [7, 11) is 1.83. The highest BCUT2D eigenvalue weighted by Crippen LogP contribution is 2.27. The third kappa shape index (κ3) is 4.18. The van der Waals surface area contributed by atoms with Gasteiger partial charge in [-0.2, -0.15) is 5.10 Å². The second-order valence-electron chi connectivity index (χ2n) is 8.40. The van der Waals surface area contributed by atoms with Gasteiger partial charge in [0.2, 0.25) is 5.91 Å². The maximum atomic E-state index is 13.2. The predicted octanol–water partition coefficient (Wildman–Crippen LogP) is 2.59. The Kier molecular flexibility index (Phi) is 5.65. The van der Waals surface area contributed by atoms with Crippen molar-refractivity contribution in [2.24, 2.45) is 18.9 Å². The maximum absolute atomic E-state index is 13.2. The lowest BCUT2D eigenvalue weighted by Crippen LogP contribution is -2.47. The van der Waals surface area contributed by atoms with Crippen molar-refractivity contribution in [2.75, 3.05) is 26.2 Å². The maximum Gasteiger partial charge on any atom is 0.257 e. The highest BCUT2D eigenvalue weighted by atomic mass is 16.2. The molecule has 0 aliphatic carbocycles. The molecule has 2 aliphatic heterocycles. The van der Waals surface area contributed by atoms with Gasteiger partial charge >= 0.3 is 0 Å². The number of amides is 2. The number of aromatic nitrogens is 3. The van der Waals surface area contributed by atoms with Crippen LogP contribution in [0.4, 0.5) is 0 Å². The number of hydrogen-bond donors (Lipinski definition) is 0. The monoisotopic (exact) mass is 395 g/mol. The molecule has 7 heteroatoms. The van der Waals surface area contributed by atoms with Gasteiger partial charge in [-0.25, -0.2) is 0 Å². The SMILES string of the molecule is C[C@@H]1CCCN(C(=O)C2CCN(C(=O)c3cn(C)nc3-c3ccncc3)CC2)C1. The molecule has 2 aromatic heterocycles. The first kappa shape index (κ1) is 19.6. The largest absolute Gasteiger partial charge is 0.342 e. The fourth-order valence-corrected chi connectivity index (χ4v) is 4.52. The number of carbonyl (C=O) groups excluding carboxylic acids is 2. The summed E-state index contributed by atoms with van der Waals surface area (Å²) in [5.74, 6) is 0.898. The van der Waals surface area contributed by atoms with Gasteiger partial charge in [-0.15, -0.1) is 0 Å². The molecular weight excluding hydrogens is 366 g/mol. The van der Waals surface area contributed by atoms with E-state index in [0.29, 0.717) is 30.3 Å². The van der Waals surface area contributed by atoms with Crippen molar-refractivity contribution in [2.45, 2.75) is 32.6 Å². The molecule has 2 aliphatic rings. The second-order valence-corrected chi connectivity index (χ2v) is 8.40. The van der Waals surface area contributed by atoms with Gasteiger partial charge in [-0.3, -0.25) is 19.3 Å². The standard InChI is InChI=1S/C22H29N5O2/c1-16-4-3-11-27(14-16)21(28)18-7-12-26(13-8-18)22(29)19-15-25(2)24-20(19)17-5-9-23-10-6-17/h5-6,9-10,15-16,18H,3-4,7-8,11-14H2,1-2H3/t16-/m1/s1. The zero-order chi connectivity index (χ0) is 20.4. The summed E-state index contributed by atoms with van der Waals surface area (Å²) in [6.45, 7) is 5.21. The van der Waals surface area contributed by atoms with Crippen molar-refractivity contribution in [1.82, 2.24) is 24.6 Å². The molecule has 0 saturated carbocycles. The summed E-state index contributed by atoms with van der Waals surface area (Å²) < 4.78 is 1.68. The molecule has 4 rings (SSSR count). The number of pyridine rings is 1. The molecule has 0 spiro atoms. The zero-order valence-electron chi connectivity index (χ0n) is 17.3. The molecule has 0 N–H and O–H groups in total. The summed E-state index contributed by atoms with van der Waals surface area (Å²) >= 11 is 0. The molecule has 2 fully saturated rings. The summed E-state index contributed by atoms with van der Waals surface area (Å²) in [6, 6.07) is 3.73. The van der Waals surface area contributed by atoms with E-state index in [1.54, 1.807) is 23.3 Å². The first-order valence-electron chi connectivity index (χ1n) is 10.5. The van der Waals surface area contributed by atoms with E-state index in [9.17, 15) is 9.59 Å². The van der Waals surface area contributed by atoms with Gasteiger partial charge < -0.3 is 9.80 Å². The summed E-state index contributed by atoms with van der Waals surface area (Å²) in [5, 5.41) is 4.49. The number of hydrogen-bond acceptors (Lipinski definition) is 4. The van der Waals surface area contributed by atoms with Gasteiger partial charge in [0.1, 0.15) is 5.69 Å². The third-order valence-corrected chi connectivity index (χ3v) is 6.11. The van der Waals surface area contributed by atoms with E-state index in [1.807, 2.05) is 29.0 Å². The molecule has 2 saturated heterocycles. The van der Waals surface area contributed by atoms with Crippen molar-refractivity contribution >= 4 is 11.8 Å². The summed E-state index contributed by atoms with van der Waals surface area (Å²) in [4.78, 5) is 34.0. The van der Waals surface area contributed by atoms with Crippen LogP contribution in [0.5, 0.6) is 0 Å². The van der Waals surface area contributed by atoms with E-state index in [2.05, 4.69) is 17.0 Å². The summed E-state index contributed by atoms with van der Waals surface area (Å²) in [5.41, 5.74) is 2.17. The highest BCUT2D eigenvalue weighted by molar-refractivity contribution is 6.00.